The predicted octanol–water partition coefficient (Wildman–Crippen LogP) is 12.9. The molecular weight excluding hydrogens is 697 g/mol. The van der Waals surface area contributed by atoms with Gasteiger partial charge >= 0.3 is 0 Å². The zero-order valence-electron chi connectivity index (χ0n) is 33.4. The van der Waals surface area contributed by atoms with Gasteiger partial charge in [-0.3, -0.25) is 0 Å². The molecule has 7 heterocycles. The molecule has 3 aromatic carbocycles. The molecule has 0 saturated heterocycles. The van der Waals surface area contributed by atoms with E-state index in [-0.39, 0.29) is 16.2 Å². The van der Waals surface area contributed by atoms with Crippen molar-refractivity contribution in [1.29, 1.82) is 0 Å². The molecule has 1 aliphatic rings. The largest absolute Gasteiger partial charge is 0.358 e. The molecule has 6 aromatic heterocycles. The van der Waals surface area contributed by atoms with E-state index in [2.05, 4.69) is 217 Å². The Morgan fingerprint density at radius 1 is 0.246 bits per heavy atom. The van der Waals surface area contributed by atoms with Gasteiger partial charge in [0.15, 0.2) is 0 Å². The monoisotopic (exact) mass is 744 g/mol. The smallest absolute Gasteiger partial charge is 0.0456 e. The van der Waals surface area contributed by atoms with E-state index in [1.54, 1.807) is 0 Å². The van der Waals surface area contributed by atoms with Gasteiger partial charge < -0.3 is 29.9 Å². The number of aromatic nitrogens is 6. The highest BCUT2D eigenvalue weighted by Gasteiger charge is 2.30. The zero-order chi connectivity index (χ0) is 39.1. The van der Waals surface area contributed by atoms with E-state index >= 15 is 0 Å². The summed E-state index contributed by atoms with van der Waals surface area (Å²) in [6.45, 7) is 13.6. The van der Waals surface area contributed by atoms with Crippen molar-refractivity contribution in [2.24, 2.45) is 0 Å². The van der Waals surface area contributed by atoms with Gasteiger partial charge in [0.1, 0.15) is 0 Å². The Bertz CT molecular complexity index is 2410. The summed E-state index contributed by atoms with van der Waals surface area (Å²) in [7, 11) is 0. The normalized spacial score (nSPS) is 15.3. The Morgan fingerprint density at radius 3 is 0.596 bits per heavy atom. The molecule has 6 heteroatoms. The number of nitrogens with one attached hydrogen (secondary N) is 6. The van der Waals surface area contributed by atoms with Gasteiger partial charge in [0.05, 0.1) is 0 Å². The summed E-state index contributed by atoms with van der Waals surface area (Å²) in [4.78, 5) is 22.7. The summed E-state index contributed by atoms with van der Waals surface area (Å²) in [5.41, 5.74) is 19.6. The van der Waals surface area contributed by atoms with Gasteiger partial charge in [0, 0.05) is 84.6 Å². The zero-order valence-corrected chi connectivity index (χ0v) is 33.4. The van der Waals surface area contributed by atoms with Gasteiger partial charge in [-0.15, -0.1) is 0 Å². The van der Waals surface area contributed by atoms with Crippen LogP contribution in [0.25, 0.3) is 67.5 Å². The predicted molar refractivity (Wildman–Crippen MR) is 234 cm³/mol. The maximum Gasteiger partial charge on any atom is 0.0456 e. The molecule has 0 amide bonds. The summed E-state index contributed by atoms with van der Waals surface area (Å²) in [5, 5.41) is 0. The van der Waals surface area contributed by atoms with Crippen LogP contribution in [0.1, 0.15) is 75.7 Å². The molecule has 0 spiro atoms. The van der Waals surface area contributed by atoms with Crippen LogP contribution < -0.4 is 0 Å². The maximum atomic E-state index is 3.78. The fraction of sp³-hybridized carbons (Fsp3) is 0.176. The average molecular weight is 745 g/mol. The summed E-state index contributed by atoms with van der Waals surface area (Å²) in [6.07, 6.45) is 0. The second kappa shape index (κ2) is 12.7. The Hall–Kier alpha value is -6.66. The van der Waals surface area contributed by atoms with Crippen molar-refractivity contribution in [2.45, 2.75) is 57.8 Å². The van der Waals surface area contributed by atoms with Gasteiger partial charge in [0.2, 0.25) is 0 Å². The summed E-state index contributed by atoms with van der Waals surface area (Å²) in [5.74, 6) is 0. The van der Waals surface area contributed by atoms with Crippen LogP contribution in [0.5, 0.6) is 0 Å². The van der Waals surface area contributed by atoms with Crippen LogP contribution in [0.3, 0.4) is 0 Å². The van der Waals surface area contributed by atoms with Crippen molar-refractivity contribution < 1.29 is 0 Å². The molecule has 0 atom stereocenters. The number of hydrogen-bond donors (Lipinski definition) is 6. The van der Waals surface area contributed by atoms with Gasteiger partial charge in [-0.1, -0.05) is 54.6 Å². The van der Waals surface area contributed by atoms with E-state index in [1.165, 1.54) is 0 Å². The fourth-order valence-corrected chi connectivity index (χ4v) is 8.57. The van der Waals surface area contributed by atoms with E-state index in [4.69, 9.17) is 0 Å². The van der Waals surface area contributed by atoms with Crippen LogP contribution in [0.2, 0.25) is 0 Å². The Kier molecular flexibility index (Phi) is 7.74. The molecule has 0 unspecified atom stereocenters. The number of benzene rings is 3. The number of rotatable bonds is 0. The molecule has 57 heavy (non-hydrogen) atoms. The minimum absolute atomic E-state index is 0.274. The fourth-order valence-electron chi connectivity index (χ4n) is 8.57. The van der Waals surface area contributed by atoms with Crippen molar-refractivity contribution >= 4 is 0 Å². The van der Waals surface area contributed by atoms with Crippen LogP contribution in [-0.2, 0) is 16.2 Å². The minimum atomic E-state index is -0.274. The van der Waals surface area contributed by atoms with Gasteiger partial charge in [0.25, 0.3) is 0 Å². The van der Waals surface area contributed by atoms with Crippen molar-refractivity contribution in [2.75, 3.05) is 0 Å². The molecule has 0 saturated carbocycles. The van der Waals surface area contributed by atoms with E-state index in [1.807, 2.05) is 0 Å². The van der Waals surface area contributed by atoms with E-state index < -0.39 is 0 Å². The molecule has 9 aromatic rings. The average Bonchev–Trinajstić information content (AvgIpc) is 4.08. The molecule has 0 radical (unpaired) electrons. The Morgan fingerprint density at radius 2 is 0.421 bits per heavy atom. The quantitative estimate of drug-likeness (QED) is 0.0892. The highest BCUT2D eigenvalue weighted by Crippen LogP contribution is 2.39. The molecule has 1 aliphatic heterocycles. The molecule has 0 fully saturated rings. The van der Waals surface area contributed by atoms with Crippen molar-refractivity contribution in [3.8, 4) is 67.5 Å². The van der Waals surface area contributed by atoms with Crippen LogP contribution >= 0.6 is 0 Å². The third-order valence-electron chi connectivity index (χ3n) is 12.6. The van der Waals surface area contributed by atoms with Crippen molar-refractivity contribution in [1.82, 2.24) is 29.9 Å². The molecule has 6 nitrogen and oxygen atoms in total. The number of fused-ring (bicyclic) bond motifs is 24. The first kappa shape index (κ1) is 34.8. The highest BCUT2D eigenvalue weighted by atomic mass is 14.8. The van der Waals surface area contributed by atoms with E-state index in [0.717, 1.165) is 102 Å². The first-order valence-electron chi connectivity index (χ1n) is 19.9. The molecule has 0 aliphatic carbocycles. The highest BCUT2D eigenvalue weighted by molar-refractivity contribution is 5.74. The van der Waals surface area contributed by atoms with Crippen LogP contribution in [0.4, 0.5) is 0 Å². The van der Waals surface area contributed by atoms with Gasteiger partial charge in [-0.25, -0.2) is 0 Å². The van der Waals surface area contributed by atoms with Crippen molar-refractivity contribution in [3.63, 3.8) is 0 Å². The van der Waals surface area contributed by atoms with Crippen LogP contribution in [-0.4, -0.2) is 29.9 Å². The summed E-state index contributed by atoms with van der Waals surface area (Å²) in [6, 6.07) is 52.9. The number of hydrogen-bond acceptors (Lipinski definition) is 0. The molecular formula is C51H48N6. The van der Waals surface area contributed by atoms with E-state index in [0.29, 0.717) is 0 Å². The lowest BCUT2D eigenvalue weighted by Crippen LogP contribution is -2.20. The number of aromatic amines is 6. The molecule has 282 valence electrons. The summed E-state index contributed by atoms with van der Waals surface area (Å²) >= 11 is 0. The lowest BCUT2D eigenvalue weighted by molar-refractivity contribution is 0.604. The Balaban J connectivity index is 1.08. The third-order valence-corrected chi connectivity index (χ3v) is 12.6. The third kappa shape index (κ3) is 5.86. The standard InChI is InChI=1S/C51H48N6/c1-49(2)43-22-16-37(52-43)31-10-7-12-33(28-31)39-18-24-45(54-39)50(3,4)47-26-20-41(56-47)35-14-9-15-36(30-35)42-21-27-48(57-42)51(5,6)46-25-19-40(55-46)34-13-8-11-32(29-34)38-17-23-44(49)53-38/h7-30,52-57H,1-6H3. The van der Waals surface area contributed by atoms with Crippen molar-refractivity contribution in [3.05, 3.63) is 180 Å². The second-order valence-corrected chi connectivity index (χ2v) is 17.3. The second-order valence-electron chi connectivity index (χ2n) is 17.3. The molecule has 18 bridgehead atoms. The molecule has 6 N–H and O–H groups in total. The summed E-state index contributed by atoms with van der Waals surface area (Å²) < 4.78 is 0. The SMILES string of the molecule is CC1(C)c2ccc([nH]2)-c2cccc(c2)-c2ccc([nH]2)C(C)(C)c2ccc([nH]2)-c2cccc(c2)-c2ccc([nH]2)C(C)(C)c2ccc([nH]2)-c2cccc(c2)-c2ccc1[nH]2. The number of H-pyrrole nitrogens is 6. The van der Waals surface area contributed by atoms with Crippen LogP contribution in [0, 0.1) is 0 Å². The van der Waals surface area contributed by atoms with E-state index in [9.17, 15) is 0 Å². The first-order valence-corrected chi connectivity index (χ1v) is 19.9. The maximum absolute atomic E-state index is 3.78. The molecule has 10 rings (SSSR count). The minimum Gasteiger partial charge on any atom is -0.358 e. The lowest BCUT2D eigenvalue weighted by Gasteiger charge is -2.23. The van der Waals surface area contributed by atoms with Gasteiger partial charge in [-0.2, -0.15) is 0 Å². The lowest BCUT2D eigenvalue weighted by atomic mass is 9.86. The van der Waals surface area contributed by atoms with Crippen LogP contribution in [0.15, 0.2) is 146 Å². The first-order chi connectivity index (χ1) is 27.4. The topological polar surface area (TPSA) is 94.7 Å². The Labute approximate surface area is 333 Å². The van der Waals surface area contributed by atoms with Gasteiger partial charge in [-0.05, 0) is 166 Å².